The van der Waals surface area contributed by atoms with E-state index < -0.39 is 8.07 Å². The van der Waals surface area contributed by atoms with Crippen molar-refractivity contribution in [2.75, 3.05) is 14.2 Å². The lowest BCUT2D eigenvalue weighted by atomic mass is 9.96. The molecule has 4 heteroatoms. The topological polar surface area (TPSA) is 35.5 Å². The van der Waals surface area contributed by atoms with Crippen LogP contribution in [-0.2, 0) is 6.42 Å². The quantitative estimate of drug-likeness (QED) is 0.535. The maximum atomic E-state index is 12.9. The number of carbonyl (C=O) groups is 1. The highest BCUT2D eigenvalue weighted by Crippen LogP contribution is 2.25. The molecule has 0 unspecified atom stereocenters. The van der Waals surface area contributed by atoms with Gasteiger partial charge in [-0.25, -0.2) is 0 Å². The number of aryl methyl sites for hydroxylation is 1. The van der Waals surface area contributed by atoms with Crippen LogP contribution in [0.5, 0.6) is 11.5 Å². The van der Waals surface area contributed by atoms with E-state index in [4.69, 9.17) is 9.47 Å². The Balaban J connectivity index is 2.34. The first kappa shape index (κ1) is 18.3. The van der Waals surface area contributed by atoms with Crippen molar-refractivity contribution in [3.63, 3.8) is 0 Å². The molecule has 2 aromatic carbocycles. The Morgan fingerprint density at radius 1 is 0.917 bits per heavy atom. The number of ketones is 1. The van der Waals surface area contributed by atoms with Crippen molar-refractivity contribution in [2.24, 2.45) is 0 Å². The van der Waals surface area contributed by atoms with E-state index in [9.17, 15) is 4.79 Å². The summed E-state index contributed by atoms with van der Waals surface area (Å²) in [4.78, 5) is 12.9. The summed E-state index contributed by atoms with van der Waals surface area (Å²) in [5, 5.41) is 0. The van der Waals surface area contributed by atoms with Gasteiger partial charge in [0.15, 0.2) is 5.78 Å². The molecule has 0 aromatic heterocycles. The zero-order valence-corrected chi connectivity index (χ0v) is 16.2. The largest absolute Gasteiger partial charge is 0.497 e. The Bertz CT molecular complexity index is 700. The Labute approximate surface area is 145 Å². The second kappa shape index (κ2) is 7.66. The monoisotopic (exact) mass is 342 g/mol. The molecule has 0 bridgehead atoms. The van der Waals surface area contributed by atoms with Gasteiger partial charge in [-0.1, -0.05) is 25.7 Å². The van der Waals surface area contributed by atoms with Gasteiger partial charge in [-0.15, -0.1) is 0 Å². The summed E-state index contributed by atoms with van der Waals surface area (Å²) in [5.41, 5.74) is 2.51. The van der Waals surface area contributed by atoms with Crippen LogP contribution in [0.2, 0.25) is 25.7 Å². The molecule has 0 saturated carbocycles. The first-order valence-electron chi connectivity index (χ1n) is 8.20. The molecule has 2 aromatic rings. The average Bonchev–Trinajstić information content (AvgIpc) is 2.58. The molecule has 0 aliphatic rings. The SMILES string of the molecule is COc1ccc(C(=O)c2ccc(OC)cc2CC[Si](C)(C)C)cc1. The minimum Gasteiger partial charge on any atom is -0.497 e. The van der Waals surface area contributed by atoms with E-state index in [0.29, 0.717) is 5.56 Å². The van der Waals surface area contributed by atoms with Gasteiger partial charge in [0.1, 0.15) is 11.5 Å². The van der Waals surface area contributed by atoms with Gasteiger partial charge in [0, 0.05) is 19.2 Å². The zero-order chi connectivity index (χ0) is 17.7. The van der Waals surface area contributed by atoms with Crippen LogP contribution in [0, 0.1) is 0 Å². The van der Waals surface area contributed by atoms with E-state index in [2.05, 4.69) is 19.6 Å². The molecule has 0 aliphatic carbocycles. The molecule has 2 rings (SSSR count). The molecule has 0 aliphatic heterocycles. The lowest BCUT2D eigenvalue weighted by molar-refractivity contribution is 0.103. The van der Waals surface area contributed by atoms with Crippen molar-refractivity contribution >= 4 is 13.9 Å². The maximum Gasteiger partial charge on any atom is 0.193 e. The van der Waals surface area contributed by atoms with Crippen LogP contribution in [-0.4, -0.2) is 28.1 Å². The minimum absolute atomic E-state index is 0.0471. The van der Waals surface area contributed by atoms with E-state index in [0.717, 1.165) is 35.1 Å². The molecule has 128 valence electrons. The van der Waals surface area contributed by atoms with Crippen LogP contribution in [0.1, 0.15) is 21.5 Å². The third-order valence-electron chi connectivity index (χ3n) is 4.05. The van der Waals surface area contributed by atoms with Crippen LogP contribution in [0.15, 0.2) is 42.5 Å². The summed E-state index contributed by atoms with van der Waals surface area (Å²) in [6, 6.07) is 14.1. The predicted octanol–water partition coefficient (Wildman–Crippen LogP) is 4.82. The van der Waals surface area contributed by atoms with Crippen LogP contribution in [0.25, 0.3) is 0 Å². The highest BCUT2D eigenvalue weighted by Gasteiger charge is 2.18. The number of rotatable bonds is 7. The van der Waals surface area contributed by atoms with Gasteiger partial charge >= 0.3 is 0 Å². The van der Waals surface area contributed by atoms with Gasteiger partial charge in [0.05, 0.1) is 14.2 Å². The Morgan fingerprint density at radius 3 is 2.04 bits per heavy atom. The third kappa shape index (κ3) is 4.71. The van der Waals surface area contributed by atoms with Crippen molar-refractivity contribution < 1.29 is 14.3 Å². The van der Waals surface area contributed by atoms with Crippen LogP contribution in [0.3, 0.4) is 0 Å². The first-order chi connectivity index (χ1) is 11.3. The van der Waals surface area contributed by atoms with Gasteiger partial charge < -0.3 is 9.47 Å². The van der Waals surface area contributed by atoms with Gasteiger partial charge in [-0.05, 0) is 54.4 Å². The van der Waals surface area contributed by atoms with Gasteiger partial charge in [0.2, 0.25) is 0 Å². The van der Waals surface area contributed by atoms with E-state index in [1.165, 1.54) is 0 Å². The minimum atomic E-state index is -1.19. The number of hydrogen-bond acceptors (Lipinski definition) is 3. The molecule has 24 heavy (non-hydrogen) atoms. The second-order valence-electron chi connectivity index (χ2n) is 7.14. The van der Waals surface area contributed by atoms with Crippen molar-refractivity contribution in [1.29, 1.82) is 0 Å². The molecule has 0 radical (unpaired) electrons. The predicted molar refractivity (Wildman–Crippen MR) is 101 cm³/mol. The summed E-state index contributed by atoms with van der Waals surface area (Å²) in [6.07, 6.45) is 0.907. The van der Waals surface area contributed by atoms with Gasteiger partial charge in [0.25, 0.3) is 0 Å². The van der Waals surface area contributed by atoms with Crippen molar-refractivity contribution in [3.05, 3.63) is 59.2 Å². The Hall–Kier alpha value is -2.07. The fraction of sp³-hybridized carbons (Fsp3) is 0.350. The van der Waals surface area contributed by atoms with Crippen molar-refractivity contribution in [3.8, 4) is 11.5 Å². The third-order valence-corrected chi connectivity index (χ3v) is 5.80. The Morgan fingerprint density at radius 2 is 1.50 bits per heavy atom. The normalized spacial score (nSPS) is 11.2. The molecular weight excluding hydrogens is 316 g/mol. The number of carbonyl (C=O) groups excluding carboxylic acids is 1. The highest BCUT2D eigenvalue weighted by molar-refractivity contribution is 6.76. The summed E-state index contributed by atoms with van der Waals surface area (Å²) >= 11 is 0. The van der Waals surface area contributed by atoms with Gasteiger partial charge in [-0.2, -0.15) is 0 Å². The summed E-state index contributed by atoms with van der Waals surface area (Å²) in [7, 11) is 2.09. The van der Waals surface area contributed by atoms with E-state index in [1.807, 2.05) is 42.5 Å². The molecule has 0 heterocycles. The summed E-state index contributed by atoms with van der Waals surface area (Å²) in [5.74, 6) is 1.60. The lowest BCUT2D eigenvalue weighted by Crippen LogP contribution is -2.20. The zero-order valence-electron chi connectivity index (χ0n) is 15.2. The van der Waals surface area contributed by atoms with Crippen LogP contribution < -0.4 is 9.47 Å². The highest BCUT2D eigenvalue weighted by atomic mass is 28.3. The average molecular weight is 343 g/mol. The summed E-state index contributed by atoms with van der Waals surface area (Å²) in [6.45, 7) is 7.04. The molecule has 0 saturated heterocycles. The molecule has 0 fully saturated rings. The molecule has 0 amide bonds. The van der Waals surface area contributed by atoms with Gasteiger partial charge in [-0.3, -0.25) is 4.79 Å². The van der Waals surface area contributed by atoms with E-state index >= 15 is 0 Å². The fourth-order valence-corrected chi connectivity index (χ4v) is 3.55. The van der Waals surface area contributed by atoms with Crippen LogP contribution in [0.4, 0.5) is 0 Å². The molecule has 0 atom stereocenters. The Kier molecular flexibility index (Phi) is 5.83. The number of ether oxygens (including phenoxy) is 2. The lowest BCUT2D eigenvalue weighted by Gasteiger charge is -2.17. The van der Waals surface area contributed by atoms with Crippen molar-refractivity contribution in [1.82, 2.24) is 0 Å². The molecule has 3 nitrogen and oxygen atoms in total. The second-order valence-corrected chi connectivity index (χ2v) is 12.8. The van der Waals surface area contributed by atoms with Crippen LogP contribution >= 0.6 is 0 Å². The summed E-state index contributed by atoms with van der Waals surface area (Å²) < 4.78 is 10.5. The number of methoxy groups -OCH3 is 2. The fourth-order valence-electron chi connectivity index (χ4n) is 2.53. The van der Waals surface area contributed by atoms with E-state index in [1.54, 1.807) is 14.2 Å². The smallest absolute Gasteiger partial charge is 0.193 e. The number of benzene rings is 2. The molecule has 0 N–H and O–H groups in total. The van der Waals surface area contributed by atoms with Crippen molar-refractivity contribution in [2.45, 2.75) is 32.1 Å². The van der Waals surface area contributed by atoms with E-state index in [-0.39, 0.29) is 5.78 Å². The standard InChI is InChI=1S/C20H26O3Si/c1-22-17-8-6-15(7-9-17)20(21)19-11-10-18(23-2)14-16(19)12-13-24(3,4)5/h6-11,14H,12-13H2,1-5H3. The first-order valence-corrected chi connectivity index (χ1v) is 11.9. The number of hydrogen-bond donors (Lipinski definition) is 0. The molecular formula is C20H26O3Si. The maximum absolute atomic E-state index is 12.9. The molecule has 0 spiro atoms.